The molecule has 2 atom stereocenters. The Labute approximate surface area is 180 Å². The molecule has 0 aliphatic carbocycles. The molecule has 8 nitrogen and oxygen atoms in total. The van der Waals surface area contributed by atoms with Crippen molar-refractivity contribution in [1.82, 2.24) is 5.32 Å². The topological polar surface area (TPSA) is 137 Å². The number of hydrogen-bond donors (Lipinski definition) is 4. The van der Waals surface area contributed by atoms with E-state index in [0.717, 1.165) is 12.0 Å². The lowest BCUT2D eigenvalue weighted by Crippen LogP contribution is -2.46. The number of anilines is 1. The van der Waals surface area contributed by atoms with Crippen LogP contribution in [0.2, 0.25) is 0 Å². The molecule has 5 N–H and O–H groups in total. The second kappa shape index (κ2) is 9.88. The molecule has 1 aliphatic heterocycles. The van der Waals surface area contributed by atoms with Gasteiger partial charge in [0.05, 0.1) is 0 Å². The number of carbonyl (C=O) groups is 3. The van der Waals surface area contributed by atoms with Gasteiger partial charge in [0.15, 0.2) is 0 Å². The molecule has 2 unspecified atom stereocenters. The summed E-state index contributed by atoms with van der Waals surface area (Å²) >= 11 is 0. The first-order valence-corrected chi connectivity index (χ1v) is 10.2. The first-order chi connectivity index (χ1) is 14.8. The summed E-state index contributed by atoms with van der Waals surface area (Å²) in [4.78, 5) is 38.7. The predicted molar refractivity (Wildman–Crippen MR) is 117 cm³/mol. The van der Waals surface area contributed by atoms with E-state index in [1.807, 2.05) is 30.3 Å². The fourth-order valence-corrected chi connectivity index (χ4v) is 3.74. The SMILES string of the molecule is N=C(N)c1ccc(N2CCCC(CC(=O)NC(Cc3ccccc3)C(=O)O)C2=O)cc1. The minimum absolute atomic E-state index is 0.0467. The maximum Gasteiger partial charge on any atom is 0.326 e. The number of rotatable bonds is 8. The van der Waals surface area contributed by atoms with Crippen LogP contribution in [0.5, 0.6) is 0 Å². The van der Waals surface area contributed by atoms with Gasteiger partial charge in [-0.05, 0) is 42.7 Å². The van der Waals surface area contributed by atoms with Crippen molar-refractivity contribution in [2.45, 2.75) is 31.7 Å². The first kappa shape index (κ1) is 22.0. The van der Waals surface area contributed by atoms with Crippen LogP contribution in [0.1, 0.15) is 30.4 Å². The maximum atomic E-state index is 13.0. The normalized spacial score (nSPS) is 17.1. The molecule has 3 rings (SSSR count). The zero-order chi connectivity index (χ0) is 22.4. The average Bonchev–Trinajstić information content (AvgIpc) is 2.75. The Morgan fingerprint density at radius 3 is 2.45 bits per heavy atom. The van der Waals surface area contributed by atoms with Crippen molar-refractivity contribution in [3.8, 4) is 0 Å². The highest BCUT2D eigenvalue weighted by atomic mass is 16.4. The van der Waals surface area contributed by atoms with Crippen LogP contribution in [-0.4, -0.2) is 41.3 Å². The van der Waals surface area contributed by atoms with Crippen LogP contribution >= 0.6 is 0 Å². The highest BCUT2D eigenvalue weighted by molar-refractivity contribution is 5.99. The van der Waals surface area contributed by atoms with Gasteiger partial charge in [-0.1, -0.05) is 30.3 Å². The first-order valence-electron chi connectivity index (χ1n) is 10.2. The van der Waals surface area contributed by atoms with Crippen LogP contribution < -0.4 is 16.0 Å². The van der Waals surface area contributed by atoms with Crippen molar-refractivity contribution in [3.05, 3.63) is 65.7 Å². The van der Waals surface area contributed by atoms with Crippen LogP contribution in [0.15, 0.2) is 54.6 Å². The summed E-state index contributed by atoms with van der Waals surface area (Å²) in [5, 5.41) is 19.5. The Balaban J connectivity index is 1.62. The maximum absolute atomic E-state index is 13.0. The van der Waals surface area contributed by atoms with Gasteiger partial charge in [-0.15, -0.1) is 0 Å². The number of amides is 2. The van der Waals surface area contributed by atoms with Gasteiger partial charge in [-0.2, -0.15) is 0 Å². The van der Waals surface area contributed by atoms with Gasteiger partial charge in [-0.3, -0.25) is 15.0 Å². The fourth-order valence-electron chi connectivity index (χ4n) is 3.74. The molecular weight excluding hydrogens is 396 g/mol. The van der Waals surface area contributed by atoms with E-state index in [1.165, 1.54) is 0 Å². The molecule has 1 saturated heterocycles. The lowest BCUT2D eigenvalue weighted by atomic mass is 9.92. The van der Waals surface area contributed by atoms with Crippen molar-refractivity contribution in [2.24, 2.45) is 11.7 Å². The summed E-state index contributed by atoms with van der Waals surface area (Å²) < 4.78 is 0. The van der Waals surface area contributed by atoms with E-state index >= 15 is 0 Å². The fraction of sp³-hybridized carbons (Fsp3) is 0.304. The van der Waals surface area contributed by atoms with E-state index in [0.29, 0.717) is 24.2 Å². The molecule has 162 valence electrons. The highest BCUT2D eigenvalue weighted by Crippen LogP contribution is 2.26. The number of nitrogen functional groups attached to an aromatic ring is 1. The van der Waals surface area contributed by atoms with Gasteiger partial charge in [0.2, 0.25) is 11.8 Å². The Kier molecular flexibility index (Phi) is 7.02. The lowest BCUT2D eigenvalue weighted by Gasteiger charge is -2.32. The minimum Gasteiger partial charge on any atom is -0.480 e. The molecule has 31 heavy (non-hydrogen) atoms. The van der Waals surface area contributed by atoms with Gasteiger partial charge >= 0.3 is 5.97 Å². The summed E-state index contributed by atoms with van der Waals surface area (Å²) in [5.74, 6) is -2.27. The summed E-state index contributed by atoms with van der Waals surface area (Å²) in [7, 11) is 0. The molecular formula is C23H26N4O4. The second-order valence-electron chi connectivity index (χ2n) is 7.64. The van der Waals surface area contributed by atoms with Crippen molar-refractivity contribution in [2.75, 3.05) is 11.4 Å². The molecule has 1 fully saturated rings. The summed E-state index contributed by atoms with van der Waals surface area (Å²) in [5.41, 5.74) is 7.54. The summed E-state index contributed by atoms with van der Waals surface area (Å²) in [6, 6.07) is 14.9. The minimum atomic E-state index is -1.11. The Bertz CT molecular complexity index is 959. The molecule has 2 aromatic rings. The standard InChI is InChI=1S/C23H26N4O4/c24-21(25)16-8-10-18(11-9-16)27-12-4-7-17(22(27)29)14-20(28)26-19(23(30)31)13-15-5-2-1-3-6-15/h1-3,5-6,8-11,17,19H,4,7,12-14H2,(H3,24,25)(H,26,28)(H,30,31). The third-order valence-electron chi connectivity index (χ3n) is 5.39. The third-order valence-corrected chi connectivity index (χ3v) is 5.39. The Morgan fingerprint density at radius 2 is 1.84 bits per heavy atom. The Morgan fingerprint density at radius 1 is 1.16 bits per heavy atom. The largest absolute Gasteiger partial charge is 0.480 e. The number of carboxylic acids is 1. The van der Waals surface area contributed by atoms with Crippen molar-refractivity contribution >= 4 is 29.3 Å². The van der Waals surface area contributed by atoms with Crippen molar-refractivity contribution in [3.63, 3.8) is 0 Å². The highest BCUT2D eigenvalue weighted by Gasteiger charge is 2.32. The van der Waals surface area contributed by atoms with E-state index in [-0.39, 0.29) is 24.6 Å². The molecule has 1 heterocycles. The van der Waals surface area contributed by atoms with Crippen LogP contribution in [0, 0.1) is 11.3 Å². The number of aliphatic carboxylic acids is 1. The number of nitrogens with two attached hydrogens (primary N) is 1. The molecule has 0 aromatic heterocycles. The van der Waals surface area contributed by atoms with E-state index in [9.17, 15) is 19.5 Å². The van der Waals surface area contributed by atoms with E-state index in [4.69, 9.17) is 11.1 Å². The lowest BCUT2D eigenvalue weighted by molar-refractivity contribution is -0.142. The summed E-state index contributed by atoms with van der Waals surface area (Å²) in [6.45, 7) is 0.544. The van der Waals surface area contributed by atoms with Gasteiger partial charge < -0.3 is 21.1 Å². The predicted octanol–water partition coefficient (Wildman–Crippen LogP) is 1.92. The van der Waals surface area contributed by atoms with Crippen LogP contribution in [0.25, 0.3) is 0 Å². The number of nitrogens with one attached hydrogen (secondary N) is 2. The van der Waals surface area contributed by atoms with E-state index in [2.05, 4.69) is 5.32 Å². The molecule has 1 aliphatic rings. The average molecular weight is 422 g/mol. The zero-order valence-corrected chi connectivity index (χ0v) is 17.1. The number of nitrogens with zero attached hydrogens (tertiary/aromatic N) is 1. The van der Waals surface area contributed by atoms with Gasteiger partial charge in [0.1, 0.15) is 11.9 Å². The van der Waals surface area contributed by atoms with Gasteiger partial charge in [0, 0.05) is 36.6 Å². The van der Waals surface area contributed by atoms with Crippen LogP contribution in [-0.2, 0) is 20.8 Å². The molecule has 0 saturated carbocycles. The van der Waals surface area contributed by atoms with Gasteiger partial charge in [-0.25, -0.2) is 4.79 Å². The number of carbonyl (C=O) groups excluding carboxylic acids is 2. The van der Waals surface area contributed by atoms with Crippen LogP contribution in [0.3, 0.4) is 0 Å². The molecule has 2 amide bonds. The number of benzene rings is 2. The van der Waals surface area contributed by atoms with Gasteiger partial charge in [0.25, 0.3) is 0 Å². The smallest absolute Gasteiger partial charge is 0.326 e. The molecule has 0 radical (unpaired) electrons. The monoisotopic (exact) mass is 422 g/mol. The molecule has 0 spiro atoms. The molecule has 8 heteroatoms. The number of carboxylic acid groups (broad SMARTS) is 1. The number of amidine groups is 1. The van der Waals surface area contributed by atoms with Crippen LogP contribution in [0.4, 0.5) is 5.69 Å². The molecule has 2 aromatic carbocycles. The number of hydrogen-bond acceptors (Lipinski definition) is 4. The van der Waals surface area contributed by atoms with E-state index < -0.39 is 23.8 Å². The van der Waals surface area contributed by atoms with E-state index in [1.54, 1.807) is 29.2 Å². The number of piperidine rings is 1. The van der Waals surface area contributed by atoms with Crippen molar-refractivity contribution < 1.29 is 19.5 Å². The van der Waals surface area contributed by atoms with Crippen molar-refractivity contribution in [1.29, 1.82) is 5.41 Å². The second-order valence-corrected chi connectivity index (χ2v) is 7.64. The quantitative estimate of drug-likeness (QED) is 0.380. The Hall–Kier alpha value is -3.68. The summed E-state index contributed by atoms with van der Waals surface area (Å²) in [6.07, 6.45) is 1.43. The zero-order valence-electron chi connectivity index (χ0n) is 17.1. The molecule has 0 bridgehead atoms. The third kappa shape index (κ3) is 5.69.